The Bertz CT molecular complexity index is 320. The Morgan fingerprint density at radius 2 is 0.650 bits per heavy atom. The largest absolute Gasteiger partial charge is 0.466 e. The molecule has 0 spiro atoms. The van der Waals surface area contributed by atoms with Gasteiger partial charge in [0.25, 0.3) is 0 Å². The zero-order valence-corrected chi connectivity index (χ0v) is 11.6. The molecule has 20 heavy (non-hydrogen) atoms. The van der Waals surface area contributed by atoms with Gasteiger partial charge in [0.15, 0.2) is 0 Å². The predicted octanol–water partition coefficient (Wildman–Crippen LogP) is -0.223. The van der Waals surface area contributed by atoms with Gasteiger partial charge in [-0.2, -0.15) is 0 Å². The van der Waals surface area contributed by atoms with E-state index in [2.05, 4.69) is 18.9 Å². The molecule has 0 heterocycles. The SMILES string of the molecule is COC(=O)C=CC(=O)OC.COC(=O)C=CC(=O)OC. The quantitative estimate of drug-likeness (QED) is 0.397. The van der Waals surface area contributed by atoms with Crippen LogP contribution in [0.3, 0.4) is 0 Å². The van der Waals surface area contributed by atoms with Crippen molar-refractivity contribution >= 4 is 23.9 Å². The highest BCUT2D eigenvalue weighted by molar-refractivity contribution is 5.92. The van der Waals surface area contributed by atoms with Crippen LogP contribution in [0.4, 0.5) is 0 Å². The number of rotatable bonds is 4. The van der Waals surface area contributed by atoms with E-state index in [-0.39, 0.29) is 0 Å². The second kappa shape index (κ2) is 12.8. The Morgan fingerprint density at radius 3 is 0.750 bits per heavy atom. The van der Waals surface area contributed by atoms with Gasteiger partial charge < -0.3 is 18.9 Å². The van der Waals surface area contributed by atoms with E-state index in [1.807, 2.05) is 0 Å². The lowest BCUT2D eigenvalue weighted by molar-refractivity contribution is -0.137. The van der Waals surface area contributed by atoms with E-state index in [4.69, 9.17) is 0 Å². The summed E-state index contributed by atoms with van der Waals surface area (Å²) in [4.78, 5) is 41.3. The maximum absolute atomic E-state index is 10.3. The van der Waals surface area contributed by atoms with Gasteiger partial charge >= 0.3 is 23.9 Å². The van der Waals surface area contributed by atoms with E-state index in [1.165, 1.54) is 28.4 Å². The monoisotopic (exact) mass is 288 g/mol. The highest BCUT2D eigenvalue weighted by Gasteiger charge is 1.95. The van der Waals surface area contributed by atoms with Crippen LogP contribution in [0.5, 0.6) is 0 Å². The number of methoxy groups -OCH3 is 4. The molecular formula is C12H16O8. The average Bonchev–Trinajstić information content (AvgIpc) is 2.49. The van der Waals surface area contributed by atoms with E-state index in [0.717, 1.165) is 24.3 Å². The first-order valence-electron chi connectivity index (χ1n) is 5.09. The Balaban J connectivity index is 0. The molecule has 0 saturated heterocycles. The maximum Gasteiger partial charge on any atom is 0.330 e. The minimum atomic E-state index is -0.578. The van der Waals surface area contributed by atoms with Crippen molar-refractivity contribution < 1.29 is 38.1 Å². The predicted molar refractivity (Wildman–Crippen MR) is 66.3 cm³/mol. The number of carbonyl (C=O) groups is 4. The molecule has 0 fully saturated rings. The number of carbonyl (C=O) groups excluding carboxylic acids is 4. The molecule has 8 heteroatoms. The van der Waals surface area contributed by atoms with Crippen LogP contribution in [0.25, 0.3) is 0 Å². The zero-order chi connectivity index (χ0) is 16.0. The van der Waals surface area contributed by atoms with Gasteiger partial charge in [-0.15, -0.1) is 0 Å². The standard InChI is InChI=1S/2C6H8O4/c2*1-9-5(7)3-4-6(8)10-2/h2*3-4H,1-2H3. The lowest BCUT2D eigenvalue weighted by Crippen LogP contribution is -1.98. The van der Waals surface area contributed by atoms with Crippen molar-refractivity contribution in [2.24, 2.45) is 0 Å². The summed E-state index contributed by atoms with van der Waals surface area (Å²) >= 11 is 0. The first-order chi connectivity index (χ1) is 9.40. The molecule has 0 radical (unpaired) electrons. The van der Waals surface area contributed by atoms with Crippen molar-refractivity contribution in [3.63, 3.8) is 0 Å². The van der Waals surface area contributed by atoms with Crippen molar-refractivity contribution in [2.75, 3.05) is 28.4 Å². The summed E-state index contributed by atoms with van der Waals surface area (Å²) in [5, 5.41) is 0. The van der Waals surface area contributed by atoms with Gasteiger partial charge in [0.1, 0.15) is 0 Å². The van der Waals surface area contributed by atoms with Crippen LogP contribution in [0.15, 0.2) is 24.3 Å². The minimum Gasteiger partial charge on any atom is -0.466 e. The molecule has 0 saturated carbocycles. The molecule has 0 unspecified atom stereocenters. The molecule has 0 bridgehead atoms. The molecule has 0 aromatic carbocycles. The summed E-state index contributed by atoms with van der Waals surface area (Å²) in [6.45, 7) is 0. The van der Waals surface area contributed by atoms with Crippen molar-refractivity contribution in [1.82, 2.24) is 0 Å². The first kappa shape index (κ1) is 19.7. The lowest BCUT2D eigenvalue weighted by Gasteiger charge is -1.89. The fraction of sp³-hybridized carbons (Fsp3) is 0.333. The topological polar surface area (TPSA) is 105 Å². The first-order valence-corrected chi connectivity index (χ1v) is 5.09. The molecule has 8 nitrogen and oxygen atoms in total. The van der Waals surface area contributed by atoms with Gasteiger partial charge in [-0.3, -0.25) is 0 Å². The van der Waals surface area contributed by atoms with Crippen LogP contribution in [0.1, 0.15) is 0 Å². The van der Waals surface area contributed by atoms with Crippen molar-refractivity contribution in [3.8, 4) is 0 Å². The normalized spacial score (nSPS) is 9.40. The minimum absolute atomic E-state index is 0.578. The van der Waals surface area contributed by atoms with Crippen LogP contribution in [0.2, 0.25) is 0 Å². The summed E-state index contributed by atoms with van der Waals surface area (Å²) in [6, 6.07) is 0. The summed E-state index contributed by atoms with van der Waals surface area (Å²) in [7, 11) is 4.90. The van der Waals surface area contributed by atoms with E-state index in [0.29, 0.717) is 0 Å². The summed E-state index contributed by atoms with van der Waals surface area (Å²) in [5.41, 5.74) is 0. The second-order valence-electron chi connectivity index (χ2n) is 2.76. The highest BCUT2D eigenvalue weighted by Crippen LogP contribution is 1.81. The highest BCUT2D eigenvalue weighted by atomic mass is 16.5. The van der Waals surface area contributed by atoms with Gasteiger partial charge in [-0.05, 0) is 0 Å². The fourth-order valence-electron chi connectivity index (χ4n) is 0.544. The van der Waals surface area contributed by atoms with Crippen LogP contribution < -0.4 is 0 Å². The van der Waals surface area contributed by atoms with Crippen LogP contribution in [-0.4, -0.2) is 52.3 Å². The molecule has 112 valence electrons. The Labute approximate surface area is 115 Å². The molecule has 0 atom stereocenters. The molecule has 0 rings (SSSR count). The van der Waals surface area contributed by atoms with Gasteiger partial charge in [-0.1, -0.05) is 0 Å². The summed E-state index contributed by atoms with van der Waals surface area (Å²) in [6.07, 6.45) is 3.97. The van der Waals surface area contributed by atoms with Crippen molar-refractivity contribution in [2.45, 2.75) is 0 Å². The average molecular weight is 288 g/mol. The third-order valence-corrected chi connectivity index (χ3v) is 1.52. The zero-order valence-electron chi connectivity index (χ0n) is 11.6. The summed E-state index contributed by atoms with van der Waals surface area (Å²) in [5.74, 6) is -2.31. The Hall–Kier alpha value is -2.64. The third-order valence-electron chi connectivity index (χ3n) is 1.52. The van der Waals surface area contributed by atoms with Crippen LogP contribution in [0, 0.1) is 0 Å². The maximum atomic E-state index is 10.3. The molecule has 0 aliphatic carbocycles. The Morgan fingerprint density at radius 1 is 0.500 bits per heavy atom. The van der Waals surface area contributed by atoms with Gasteiger partial charge in [0, 0.05) is 24.3 Å². The van der Waals surface area contributed by atoms with E-state index < -0.39 is 23.9 Å². The van der Waals surface area contributed by atoms with Crippen LogP contribution in [-0.2, 0) is 38.1 Å². The summed E-state index contributed by atoms with van der Waals surface area (Å²) < 4.78 is 16.8. The number of hydrogen-bond acceptors (Lipinski definition) is 8. The smallest absolute Gasteiger partial charge is 0.330 e. The van der Waals surface area contributed by atoms with Gasteiger partial charge in [0.05, 0.1) is 28.4 Å². The number of hydrogen-bond donors (Lipinski definition) is 0. The molecular weight excluding hydrogens is 272 g/mol. The molecule has 0 aliphatic rings. The number of ether oxygens (including phenoxy) is 4. The molecule has 0 aromatic rings. The van der Waals surface area contributed by atoms with E-state index >= 15 is 0 Å². The van der Waals surface area contributed by atoms with E-state index in [1.54, 1.807) is 0 Å². The van der Waals surface area contributed by atoms with E-state index in [9.17, 15) is 19.2 Å². The van der Waals surface area contributed by atoms with Crippen molar-refractivity contribution in [3.05, 3.63) is 24.3 Å². The molecule has 0 aliphatic heterocycles. The lowest BCUT2D eigenvalue weighted by atomic mass is 10.5. The van der Waals surface area contributed by atoms with Gasteiger partial charge in [-0.25, -0.2) is 19.2 Å². The molecule has 0 N–H and O–H groups in total. The second-order valence-corrected chi connectivity index (χ2v) is 2.76. The molecule has 0 amide bonds. The number of esters is 4. The van der Waals surface area contributed by atoms with Crippen LogP contribution >= 0.6 is 0 Å². The molecule has 0 aromatic heterocycles. The Kier molecular flexibility index (Phi) is 12.6. The fourth-order valence-corrected chi connectivity index (χ4v) is 0.544. The van der Waals surface area contributed by atoms with Gasteiger partial charge in [0.2, 0.25) is 0 Å². The van der Waals surface area contributed by atoms with Crippen molar-refractivity contribution in [1.29, 1.82) is 0 Å². The third kappa shape index (κ3) is 13.4.